The molecule has 1 aromatic heterocycles. The Morgan fingerprint density at radius 2 is 2.37 bits per heavy atom. The van der Waals surface area contributed by atoms with E-state index in [1.807, 2.05) is 0 Å². The number of thiazole rings is 1. The number of hydrogen-bond donors (Lipinski definition) is 0. The highest BCUT2D eigenvalue weighted by Gasteiger charge is 2.28. The Kier molecular flexibility index (Phi) is 4.49. The summed E-state index contributed by atoms with van der Waals surface area (Å²) in [4.78, 5) is 29.4. The van der Waals surface area contributed by atoms with E-state index in [1.165, 1.54) is 0 Å². The van der Waals surface area contributed by atoms with Crippen LogP contribution in [0.4, 0.5) is 0 Å². The van der Waals surface area contributed by atoms with Gasteiger partial charge in [-0.3, -0.25) is 4.79 Å². The number of esters is 1. The average molecular weight is 284 g/mol. The highest BCUT2D eigenvalue weighted by Crippen LogP contribution is 2.17. The van der Waals surface area contributed by atoms with Gasteiger partial charge in [-0.25, -0.2) is 9.78 Å². The Hall–Kier alpha value is -1.47. The Morgan fingerprint density at radius 3 is 3.00 bits per heavy atom. The molecule has 19 heavy (non-hydrogen) atoms. The van der Waals surface area contributed by atoms with Gasteiger partial charge < -0.3 is 14.4 Å². The zero-order valence-corrected chi connectivity index (χ0v) is 11.7. The molecule has 0 spiro atoms. The first-order valence-corrected chi connectivity index (χ1v) is 6.98. The monoisotopic (exact) mass is 284 g/mol. The van der Waals surface area contributed by atoms with Crippen LogP contribution in [0.25, 0.3) is 0 Å². The van der Waals surface area contributed by atoms with Crippen molar-refractivity contribution < 1.29 is 19.1 Å². The topological polar surface area (TPSA) is 68.7 Å². The van der Waals surface area contributed by atoms with E-state index in [9.17, 15) is 9.59 Å². The number of aromatic nitrogens is 1. The molecule has 6 nitrogen and oxygen atoms in total. The smallest absolute Gasteiger partial charge is 0.367 e. The van der Waals surface area contributed by atoms with E-state index >= 15 is 0 Å². The molecular formula is C12H16N2O4S. The summed E-state index contributed by atoms with van der Waals surface area (Å²) >= 11 is 1.13. The predicted octanol–water partition coefficient (Wildman–Crippen LogP) is 1.18. The van der Waals surface area contributed by atoms with Crippen molar-refractivity contribution in [3.05, 3.63) is 16.1 Å². The van der Waals surface area contributed by atoms with E-state index in [2.05, 4.69) is 4.98 Å². The molecule has 0 bridgehead atoms. The number of nitrogens with zero attached hydrogens (tertiary/aromatic N) is 2. The van der Waals surface area contributed by atoms with Crippen molar-refractivity contribution in [3.63, 3.8) is 0 Å². The van der Waals surface area contributed by atoms with E-state index in [0.29, 0.717) is 25.4 Å². The summed E-state index contributed by atoms with van der Waals surface area (Å²) < 4.78 is 10.1. The minimum Gasteiger partial charge on any atom is -0.461 e. The summed E-state index contributed by atoms with van der Waals surface area (Å²) in [6.45, 7) is 3.25. The van der Waals surface area contributed by atoms with Crippen molar-refractivity contribution in [2.75, 3.05) is 26.8 Å². The maximum Gasteiger partial charge on any atom is 0.367 e. The molecule has 0 N–H and O–H groups in total. The highest BCUT2D eigenvalue weighted by molar-refractivity contribution is 7.11. The molecule has 7 heteroatoms. The third kappa shape index (κ3) is 3.10. The molecule has 1 aliphatic rings. The molecule has 1 unspecified atom stereocenters. The number of carbonyl (C=O) groups is 2. The van der Waals surface area contributed by atoms with Crippen molar-refractivity contribution in [1.82, 2.24) is 9.88 Å². The van der Waals surface area contributed by atoms with Crippen molar-refractivity contribution in [2.45, 2.75) is 19.4 Å². The molecule has 0 radical (unpaired) electrons. The number of rotatable bonds is 4. The SMILES string of the molecule is CCOC(=O)c1nc(C(=O)N2CCC(OC)C2)cs1. The summed E-state index contributed by atoms with van der Waals surface area (Å²) in [6, 6.07) is 0. The molecule has 1 saturated heterocycles. The van der Waals surface area contributed by atoms with Gasteiger partial charge in [0.1, 0.15) is 5.69 Å². The van der Waals surface area contributed by atoms with Gasteiger partial charge in [-0.1, -0.05) is 0 Å². The lowest BCUT2D eigenvalue weighted by Gasteiger charge is -2.14. The summed E-state index contributed by atoms with van der Waals surface area (Å²) in [5.41, 5.74) is 0.296. The number of methoxy groups -OCH3 is 1. The lowest BCUT2D eigenvalue weighted by molar-refractivity contribution is 0.0525. The van der Waals surface area contributed by atoms with Gasteiger partial charge in [0.05, 0.1) is 12.7 Å². The van der Waals surface area contributed by atoms with Gasteiger partial charge in [0, 0.05) is 25.6 Å². The van der Waals surface area contributed by atoms with Crippen LogP contribution in [-0.4, -0.2) is 54.7 Å². The average Bonchev–Trinajstić information content (AvgIpc) is 3.07. The fourth-order valence-corrected chi connectivity index (χ4v) is 2.61. The lowest BCUT2D eigenvalue weighted by atomic mass is 10.3. The van der Waals surface area contributed by atoms with E-state index < -0.39 is 5.97 Å². The van der Waals surface area contributed by atoms with Gasteiger partial charge >= 0.3 is 5.97 Å². The van der Waals surface area contributed by atoms with Gasteiger partial charge in [-0.2, -0.15) is 0 Å². The van der Waals surface area contributed by atoms with Crippen LogP contribution in [0.3, 0.4) is 0 Å². The maximum absolute atomic E-state index is 12.2. The Bertz CT molecular complexity index is 474. The van der Waals surface area contributed by atoms with Crippen LogP contribution in [0.1, 0.15) is 33.6 Å². The quantitative estimate of drug-likeness (QED) is 0.777. The summed E-state index contributed by atoms with van der Waals surface area (Å²) in [5, 5.41) is 1.81. The fraction of sp³-hybridized carbons (Fsp3) is 0.583. The summed E-state index contributed by atoms with van der Waals surface area (Å²) in [6.07, 6.45) is 0.920. The molecule has 1 fully saturated rings. The van der Waals surface area contributed by atoms with Gasteiger partial charge in [0.25, 0.3) is 5.91 Å². The molecule has 1 atom stereocenters. The normalized spacial score (nSPS) is 18.6. The third-order valence-corrected chi connectivity index (χ3v) is 3.76. The highest BCUT2D eigenvalue weighted by atomic mass is 32.1. The molecular weight excluding hydrogens is 268 g/mol. The number of hydrogen-bond acceptors (Lipinski definition) is 6. The maximum atomic E-state index is 12.2. The first kappa shape index (κ1) is 14.0. The molecule has 2 rings (SSSR count). The molecule has 0 aromatic carbocycles. The lowest BCUT2D eigenvalue weighted by Crippen LogP contribution is -2.30. The first-order chi connectivity index (χ1) is 9.15. The van der Waals surface area contributed by atoms with Crippen LogP contribution >= 0.6 is 11.3 Å². The zero-order chi connectivity index (χ0) is 13.8. The van der Waals surface area contributed by atoms with Crippen molar-refractivity contribution in [3.8, 4) is 0 Å². The van der Waals surface area contributed by atoms with Crippen LogP contribution < -0.4 is 0 Å². The predicted molar refractivity (Wildman–Crippen MR) is 69.4 cm³/mol. The molecule has 0 saturated carbocycles. The summed E-state index contributed by atoms with van der Waals surface area (Å²) in [7, 11) is 1.64. The van der Waals surface area contributed by atoms with Gasteiger partial charge in [0.2, 0.25) is 5.01 Å². The summed E-state index contributed by atoms with van der Waals surface area (Å²) in [5.74, 6) is -0.644. The largest absolute Gasteiger partial charge is 0.461 e. The second kappa shape index (κ2) is 6.12. The van der Waals surface area contributed by atoms with Crippen LogP contribution in [0.15, 0.2) is 5.38 Å². The van der Waals surface area contributed by atoms with Gasteiger partial charge in [-0.05, 0) is 13.3 Å². The van der Waals surface area contributed by atoms with E-state index in [0.717, 1.165) is 17.8 Å². The van der Waals surface area contributed by atoms with E-state index in [4.69, 9.17) is 9.47 Å². The minimum absolute atomic E-state index is 0.0899. The molecule has 104 valence electrons. The molecule has 1 aromatic rings. The van der Waals surface area contributed by atoms with Crippen molar-refractivity contribution >= 4 is 23.2 Å². The molecule has 0 aliphatic carbocycles. The third-order valence-electron chi connectivity index (χ3n) is 2.94. The Balaban J connectivity index is 2.02. The molecule has 1 amide bonds. The Labute approximate surface area is 115 Å². The van der Waals surface area contributed by atoms with E-state index in [1.54, 1.807) is 24.3 Å². The molecule has 1 aliphatic heterocycles. The van der Waals surface area contributed by atoms with Gasteiger partial charge in [0.15, 0.2) is 0 Å². The minimum atomic E-state index is -0.484. The number of ether oxygens (including phenoxy) is 2. The number of likely N-dealkylation sites (tertiary alicyclic amines) is 1. The van der Waals surface area contributed by atoms with Crippen LogP contribution in [0.5, 0.6) is 0 Å². The molecule has 2 heterocycles. The Morgan fingerprint density at radius 1 is 1.58 bits per heavy atom. The number of carbonyl (C=O) groups excluding carboxylic acids is 2. The van der Waals surface area contributed by atoms with Crippen molar-refractivity contribution in [2.24, 2.45) is 0 Å². The zero-order valence-electron chi connectivity index (χ0n) is 10.9. The second-order valence-corrected chi connectivity index (χ2v) is 5.01. The van der Waals surface area contributed by atoms with Crippen LogP contribution in [0.2, 0.25) is 0 Å². The van der Waals surface area contributed by atoms with Crippen molar-refractivity contribution in [1.29, 1.82) is 0 Å². The van der Waals surface area contributed by atoms with Gasteiger partial charge in [-0.15, -0.1) is 11.3 Å². The van der Waals surface area contributed by atoms with E-state index in [-0.39, 0.29) is 17.0 Å². The first-order valence-electron chi connectivity index (χ1n) is 6.10. The number of amides is 1. The standard InChI is InChI=1S/C12H16N2O4S/c1-3-18-12(16)10-13-9(7-19-10)11(15)14-5-4-8(6-14)17-2/h7-8H,3-6H2,1-2H3. The van der Waals surface area contributed by atoms with Crippen LogP contribution in [-0.2, 0) is 9.47 Å². The fourth-order valence-electron chi connectivity index (χ4n) is 1.93. The second-order valence-electron chi connectivity index (χ2n) is 4.16. The van der Waals surface area contributed by atoms with Crippen LogP contribution in [0, 0.1) is 0 Å².